The molecule has 0 unspecified atom stereocenters. The molecular formula is C16H28N2O. The lowest BCUT2D eigenvalue weighted by molar-refractivity contribution is 0.232. The number of methoxy groups -OCH3 is 1. The summed E-state index contributed by atoms with van der Waals surface area (Å²) in [5.74, 6) is 0.955. The van der Waals surface area contributed by atoms with Crippen molar-refractivity contribution in [1.82, 2.24) is 10.2 Å². The first kappa shape index (κ1) is 16.0. The van der Waals surface area contributed by atoms with Crippen molar-refractivity contribution < 1.29 is 4.74 Å². The van der Waals surface area contributed by atoms with Gasteiger partial charge >= 0.3 is 0 Å². The molecule has 0 amide bonds. The van der Waals surface area contributed by atoms with Gasteiger partial charge in [-0.25, -0.2) is 0 Å². The van der Waals surface area contributed by atoms with E-state index in [2.05, 4.69) is 57.2 Å². The summed E-state index contributed by atoms with van der Waals surface area (Å²) in [6.45, 7) is 9.66. The van der Waals surface area contributed by atoms with Crippen LogP contribution in [-0.2, 0) is 6.54 Å². The Morgan fingerprint density at radius 3 is 2.47 bits per heavy atom. The molecular weight excluding hydrogens is 236 g/mol. The number of hydrogen-bond donors (Lipinski definition) is 1. The van der Waals surface area contributed by atoms with Crippen LogP contribution in [0.3, 0.4) is 0 Å². The zero-order chi connectivity index (χ0) is 14.5. The molecule has 108 valence electrons. The molecule has 0 saturated heterocycles. The fourth-order valence-electron chi connectivity index (χ4n) is 2.51. The highest BCUT2D eigenvalue weighted by molar-refractivity contribution is 5.36. The largest absolute Gasteiger partial charge is 0.496 e. The monoisotopic (exact) mass is 264 g/mol. The van der Waals surface area contributed by atoms with Gasteiger partial charge in [-0.2, -0.15) is 0 Å². The second-order valence-electron chi connectivity index (χ2n) is 6.31. The van der Waals surface area contributed by atoms with Crippen molar-refractivity contribution in [1.29, 1.82) is 0 Å². The molecule has 1 N–H and O–H groups in total. The van der Waals surface area contributed by atoms with E-state index in [-0.39, 0.29) is 5.41 Å². The van der Waals surface area contributed by atoms with Gasteiger partial charge in [-0.05, 0) is 43.6 Å². The number of aryl methyl sites for hydroxylation is 1. The lowest BCUT2D eigenvalue weighted by atomic mass is 9.93. The van der Waals surface area contributed by atoms with Crippen molar-refractivity contribution in [2.75, 3.05) is 34.3 Å². The maximum Gasteiger partial charge on any atom is 0.121 e. The molecule has 0 fully saturated rings. The van der Waals surface area contributed by atoms with E-state index in [1.54, 1.807) is 7.11 Å². The van der Waals surface area contributed by atoms with E-state index in [4.69, 9.17) is 4.74 Å². The molecule has 3 heteroatoms. The van der Waals surface area contributed by atoms with E-state index in [0.29, 0.717) is 0 Å². The molecule has 0 radical (unpaired) electrons. The Balaban J connectivity index is 2.47. The van der Waals surface area contributed by atoms with Gasteiger partial charge in [0.05, 0.1) is 7.11 Å². The van der Waals surface area contributed by atoms with Crippen molar-refractivity contribution in [2.24, 2.45) is 5.41 Å². The van der Waals surface area contributed by atoms with Crippen LogP contribution in [0.4, 0.5) is 0 Å². The van der Waals surface area contributed by atoms with Crippen molar-refractivity contribution in [3.05, 3.63) is 29.3 Å². The van der Waals surface area contributed by atoms with E-state index in [1.165, 1.54) is 11.1 Å². The Labute approximate surface area is 118 Å². The fraction of sp³-hybridized carbons (Fsp3) is 0.625. The lowest BCUT2D eigenvalue weighted by Crippen LogP contribution is -2.37. The lowest BCUT2D eigenvalue weighted by Gasteiger charge is -2.28. The molecule has 0 aliphatic rings. The van der Waals surface area contributed by atoms with E-state index >= 15 is 0 Å². The molecule has 0 aliphatic heterocycles. The fourth-order valence-corrected chi connectivity index (χ4v) is 2.51. The van der Waals surface area contributed by atoms with Gasteiger partial charge in [-0.15, -0.1) is 0 Å². The van der Waals surface area contributed by atoms with Crippen LogP contribution in [0.2, 0.25) is 0 Å². The number of hydrogen-bond acceptors (Lipinski definition) is 3. The molecule has 0 bridgehead atoms. The molecule has 0 atom stereocenters. The predicted octanol–water partition coefficient (Wildman–Crippen LogP) is 2.68. The van der Waals surface area contributed by atoms with Crippen molar-refractivity contribution in [3.8, 4) is 5.75 Å². The van der Waals surface area contributed by atoms with Crippen LogP contribution in [0.1, 0.15) is 25.0 Å². The topological polar surface area (TPSA) is 24.5 Å². The summed E-state index contributed by atoms with van der Waals surface area (Å²) in [5.41, 5.74) is 2.78. The van der Waals surface area contributed by atoms with Gasteiger partial charge in [-0.1, -0.05) is 26.0 Å². The average molecular weight is 264 g/mol. The second-order valence-corrected chi connectivity index (χ2v) is 6.31. The highest BCUT2D eigenvalue weighted by Gasteiger charge is 2.18. The summed E-state index contributed by atoms with van der Waals surface area (Å²) in [7, 11) is 5.95. The van der Waals surface area contributed by atoms with Crippen LogP contribution in [0.15, 0.2) is 18.2 Å². The highest BCUT2D eigenvalue weighted by Crippen LogP contribution is 2.19. The SMILES string of the molecule is COc1ccc(CNCC(C)(C)CN(C)C)cc1C. The first-order chi connectivity index (χ1) is 8.84. The summed E-state index contributed by atoms with van der Waals surface area (Å²) in [6, 6.07) is 6.35. The average Bonchev–Trinajstić information content (AvgIpc) is 2.27. The molecule has 0 saturated carbocycles. The molecule has 0 aromatic heterocycles. The van der Waals surface area contributed by atoms with Crippen molar-refractivity contribution in [3.63, 3.8) is 0 Å². The van der Waals surface area contributed by atoms with Gasteiger partial charge in [0.1, 0.15) is 5.75 Å². The van der Waals surface area contributed by atoms with Gasteiger partial charge in [-0.3, -0.25) is 0 Å². The van der Waals surface area contributed by atoms with Crippen LogP contribution in [0.25, 0.3) is 0 Å². The Kier molecular flexibility index (Phi) is 5.83. The molecule has 1 rings (SSSR count). The highest BCUT2D eigenvalue weighted by atomic mass is 16.5. The minimum atomic E-state index is 0.283. The minimum Gasteiger partial charge on any atom is -0.496 e. The first-order valence-corrected chi connectivity index (χ1v) is 6.83. The Morgan fingerprint density at radius 1 is 1.26 bits per heavy atom. The zero-order valence-electron chi connectivity index (χ0n) is 13.2. The third kappa shape index (κ3) is 5.62. The third-order valence-electron chi connectivity index (χ3n) is 3.14. The van der Waals surface area contributed by atoms with Crippen LogP contribution in [-0.4, -0.2) is 39.2 Å². The summed E-state index contributed by atoms with van der Waals surface area (Å²) < 4.78 is 5.28. The van der Waals surface area contributed by atoms with Crippen LogP contribution >= 0.6 is 0 Å². The number of nitrogens with zero attached hydrogens (tertiary/aromatic N) is 1. The Bertz CT molecular complexity index is 400. The third-order valence-corrected chi connectivity index (χ3v) is 3.14. The molecule has 19 heavy (non-hydrogen) atoms. The number of rotatable bonds is 7. The van der Waals surface area contributed by atoms with E-state index < -0.39 is 0 Å². The van der Waals surface area contributed by atoms with Crippen LogP contribution in [0, 0.1) is 12.3 Å². The summed E-state index contributed by atoms with van der Waals surface area (Å²) in [6.07, 6.45) is 0. The van der Waals surface area contributed by atoms with Gasteiger partial charge in [0, 0.05) is 19.6 Å². The van der Waals surface area contributed by atoms with Crippen molar-refractivity contribution >= 4 is 0 Å². The van der Waals surface area contributed by atoms with E-state index in [1.807, 2.05) is 6.07 Å². The van der Waals surface area contributed by atoms with Gasteiger partial charge in [0.15, 0.2) is 0 Å². The molecule has 0 aliphatic carbocycles. The van der Waals surface area contributed by atoms with E-state index in [9.17, 15) is 0 Å². The quantitative estimate of drug-likeness (QED) is 0.819. The maximum absolute atomic E-state index is 5.28. The standard InChI is InChI=1S/C16H28N2O/c1-13-9-14(7-8-15(13)19-6)10-17-11-16(2,3)12-18(4)5/h7-9,17H,10-12H2,1-6H3. The number of nitrogens with one attached hydrogen (secondary N) is 1. The Morgan fingerprint density at radius 2 is 1.95 bits per heavy atom. The molecule has 1 aromatic rings. The molecule has 0 heterocycles. The second kappa shape index (κ2) is 6.92. The summed E-state index contributed by atoms with van der Waals surface area (Å²) in [4.78, 5) is 2.24. The predicted molar refractivity (Wildman–Crippen MR) is 81.8 cm³/mol. The Hall–Kier alpha value is -1.06. The first-order valence-electron chi connectivity index (χ1n) is 6.83. The van der Waals surface area contributed by atoms with E-state index in [0.717, 1.165) is 25.4 Å². The van der Waals surface area contributed by atoms with Gasteiger partial charge in [0.25, 0.3) is 0 Å². The van der Waals surface area contributed by atoms with Gasteiger partial charge in [0.2, 0.25) is 0 Å². The number of ether oxygens (including phenoxy) is 1. The van der Waals surface area contributed by atoms with Gasteiger partial charge < -0.3 is 15.0 Å². The summed E-state index contributed by atoms with van der Waals surface area (Å²) >= 11 is 0. The minimum absolute atomic E-state index is 0.283. The maximum atomic E-state index is 5.28. The smallest absolute Gasteiger partial charge is 0.121 e. The zero-order valence-corrected chi connectivity index (χ0v) is 13.2. The van der Waals surface area contributed by atoms with Crippen molar-refractivity contribution in [2.45, 2.75) is 27.3 Å². The summed E-state index contributed by atoms with van der Waals surface area (Å²) in [5, 5.41) is 3.54. The molecule has 3 nitrogen and oxygen atoms in total. The number of benzene rings is 1. The normalized spacial score (nSPS) is 11.9. The van der Waals surface area contributed by atoms with Crippen LogP contribution < -0.4 is 10.1 Å². The van der Waals surface area contributed by atoms with Crippen LogP contribution in [0.5, 0.6) is 5.75 Å². The molecule has 1 aromatic carbocycles. The molecule has 0 spiro atoms.